The van der Waals surface area contributed by atoms with E-state index in [2.05, 4.69) is 5.32 Å². The molecule has 0 aromatic rings. The largest absolute Gasteiger partial charge is 0.355 e. The number of carbonyl (C=O) groups excluding carboxylic acids is 2. The number of nitrogens with two attached hydrogens (primary N) is 1. The van der Waals surface area contributed by atoms with Crippen molar-refractivity contribution in [1.29, 1.82) is 0 Å². The fourth-order valence-electron chi connectivity index (χ4n) is 1.33. The van der Waals surface area contributed by atoms with E-state index in [0.717, 1.165) is 12.8 Å². The Morgan fingerprint density at radius 2 is 1.94 bits per heavy atom. The second-order valence-electron chi connectivity index (χ2n) is 3.94. The van der Waals surface area contributed by atoms with E-state index < -0.39 is 6.04 Å². The number of nitrogens with one attached hydrogen (secondary N) is 1. The Morgan fingerprint density at radius 1 is 1.31 bits per heavy atom. The summed E-state index contributed by atoms with van der Waals surface area (Å²) in [6.45, 7) is 4.67. The molecule has 2 amide bonds. The first-order valence-corrected chi connectivity index (χ1v) is 5.80. The van der Waals surface area contributed by atoms with Crippen molar-refractivity contribution >= 4 is 11.8 Å². The molecule has 1 atom stereocenters. The van der Waals surface area contributed by atoms with E-state index in [-0.39, 0.29) is 18.4 Å². The predicted octanol–water partition coefficient (Wildman–Crippen LogP) is 0.0984. The van der Waals surface area contributed by atoms with Gasteiger partial charge in [0.25, 0.3) is 0 Å². The summed E-state index contributed by atoms with van der Waals surface area (Å²) in [6.07, 6.45) is 2.40. The summed E-state index contributed by atoms with van der Waals surface area (Å²) < 4.78 is 0. The van der Waals surface area contributed by atoms with Crippen LogP contribution in [0.5, 0.6) is 0 Å². The molecule has 0 saturated heterocycles. The van der Waals surface area contributed by atoms with Crippen molar-refractivity contribution in [2.75, 3.05) is 20.1 Å². The smallest absolute Gasteiger partial charge is 0.239 e. The van der Waals surface area contributed by atoms with Gasteiger partial charge in [-0.1, -0.05) is 20.3 Å². The minimum absolute atomic E-state index is 0.0796. The summed E-state index contributed by atoms with van der Waals surface area (Å²) >= 11 is 0. The average Bonchev–Trinajstić information content (AvgIpc) is 2.25. The molecule has 5 nitrogen and oxygen atoms in total. The van der Waals surface area contributed by atoms with Crippen LogP contribution in [-0.4, -0.2) is 42.9 Å². The zero-order valence-electron chi connectivity index (χ0n) is 10.5. The lowest BCUT2D eigenvalue weighted by atomic mass is 10.1. The maximum Gasteiger partial charge on any atom is 0.239 e. The minimum atomic E-state index is -0.492. The quantitative estimate of drug-likeness (QED) is 0.650. The highest BCUT2D eigenvalue weighted by Crippen LogP contribution is 1.97. The summed E-state index contributed by atoms with van der Waals surface area (Å²) in [5, 5.41) is 2.72. The maximum absolute atomic E-state index is 11.7. The molecule has 0 radical (unpaired) electrons. The molecule has 0 bridgehead atoms. The van der Waals surface area contributed by atoms with Crippen molar-refractivity contribution in [3.8, 4) is 0 Å². The Hall–Kier alpha value is -1.10. The third kappa shape index (κ3) is 5.70. The van der Waals surface area contributed by atoms with Gasteiger partial charge in [-0.05, 0) is 12.8 Å². The Morgan fingerprint density at radius 3 is 2.44 bits per heavy atom. The number of hydrogen-bond acceptors (Lipinski definition) is 3. The van der Waals surface area contributed by atoms with E-state index in [0.29, 0.717) is 13.0 Å². The fourth-order valence-corrected chi connectivity index (χ4v) is 1.33. The molecule has 3 N–H and O–H groups in total. The summed E-state index contributed by atoms with van der Waals surface area (Å²) in [5.41, 5.74) is 5.68. The van der Waals surface area contributed by atoms with Crippen LogP contribution in [0.2, 0.25) is 0 Å². The Labute approximate surface area is 97.4 Å². The molecule has 0 aliphatic carbocycles. The van der Waals surface area contributed by atoms with Crippen LogP contribution in [0.15, 0.2) is 0 Å². The van der Waals surface area contributed by atoms with Gasteiger partial charge in [0.2, 0.25) is 11.8 Å². The van der Waals surface area contributed by atoms with Crippen LogP contribution >= 0.6 is 0 Å². The first-order valence-electron chi connectivity index (χ1n) is 5.80. The van der Waals surface area contributed by atoms with Gasteiger partial charge in [-0.15, -0.1) is 0 Å². The molecule has 0 unspecified atom stereocenters. The molecule has 0 saturated carbocycles. The van der Waals surface area contributed by atoms with Crippen molar-refractivity contribution in [3.63, 3.8) is 0 Å². The summed E-state index contributed by atoms with van der Waals surface area (Å²) in [5.74, 6) is -0.310. The molecule has 0 aliphatic rings. The van der Waals surface area contributed by atoms with E-state index in [4.69, 9.17) is 5.73 Å². The lowest BCUT2D eigenvalue weighted by Crippen LogP contribution is -2.45. The van der Waals surface area contributed by atoms with Gasteiger partial charge >= 0.3 is 0 Å². The summed E-state index contributed by atoms with van der Waals surface area (Å²) in [7, 11) is 1.60. The fraction of sp³-hybridized carbons (Fsp3) is 0.818. The normalized spacial score (nSPS) is 12.0. The third-order valence-corrected chi connectivity index (χ3v) is 2.25. The molecule has 0 fully saturated rings. The van der Waals surface area contributed by atoms with Crippen LogP contribution in [0, 0.1) is 0 Å². The highest BCUT2D eigenvalue weighted by molar-refractivity contribution is 5.87. The van der Waals surface area contributed by atoms with E-state index in [1.54, 1.807) is 7.05 Å². The zero-order chi connectivity index (χ0) is 12.6. The lowest BCUT2D eigenvalue weighted by molar-refractivity contribution is -0.135. The van der Waals surface area contributed by atoms with Crippen molar-refractivity contribution in [1.82, 2.24) is 10.2 Å². The second-order valence-corrected chi connectivity index (χ2v) is 3.94. The average molecular weight is 229 g/mol. The number of hydrogen-bond donors (Lipinski definition) is 2. The molecule has 0 aromatic carbocycles. The summed E-state index contributed by atoms with van der Waals surface area (Å²) in [4.78, 5) is 24.4. The number of rotatable bonds is 7. The minimum Gasteiger partial charge on any atom is -0.355 e. The van der Waals surface area contributed by atoms with E-state index in [1.165, 1.54) is 4.90 Å². The number of likely N-dealkylation sites (N-methyl/N-ethyl adjacent to an activating group) is 1. The van der Waals surface area contributed by atoms with E-state index in [1.807, 2.05) is 13.8 Å². The van der Waals surface area contributed by atoms with Gasteiger partial charge in [0.05, 0.1) is 12.6 Å². The highest BCUT2D eigenvalue weighted by atomic mass is 16.2. The van der Waals surface area contributed by atoms with Gasteiger partial charge < -0.3 is 16.0 Å². The Bertz CT molecular complexity index is 231. The molecular formula is C11H23N3O2. The van der Waals surface area contributed by atoms with Crippen LogP contribution < -0.4 is 11.1 Å². The van der Waals surface area contributed by atoms with Gasteiger partial charge in [0.1, 0.15) is 0 Å². The van der Waals surface area contributed by atoms with Crippen LogP contribution in [0.25, 0.3) is 0 Å². The first-order chi connectivity index (χ1) is 7.52. The van der Waals surface area contributed by atoms with Crippen molar-refractivity contribution < 1.29 is 9.59 Å². The summed E-state index contributed by atoms with van der Waals surface area (Å²) in [6, 6.07) is -0.492. The van der Waals surface area contributed by atoms with Crippen LogP contribution in [0.3, 0.4) is 0 Å². The molecule has 0 aromatic heterocycles. The van der Waals surface area contributed by atoms with Crippen LogP contribution in [-0.2, 0) is 9.59 Å². The van der Waals surface area contributed by atoms with Gasteiger partial charge in [-0.2, -0.15) is 0 Å². The topological polar surface area (TPSA) is 75.4 Å². The number of nitrogens with zero attached hydrogens (tertiary/aromatic N) is 1. The molecule has 16 heavy (non-hydrogen) atoms. The number of amides is 2. The Balaban J connectivity index is 3.99. The Kier molecular flexibility index (Phi) is 7.54. The monoisotopic (exact) mass is 229 g/mol. The molecule has 94 valence electrons. The first kappa shape index (κ1) is 14.9. The molecule has 5 heteroatoms. The zero-order valence-corrected chi connectivity index (χ0v) is 10.5. The molecule has 0 heterocycles. The van der Waals surface area contributed by atoms with Gasteiger partial charge in [0.15, 0.2) is 0 Å². The van der Waals surface area contributed by atoms with Crippen LogP contribution in [0.4, 0.5) is 0 Å². The van der Waals surface area contributed by atoms with E-state index >= 15 is 0 Å². The van der Waals surface area contributed by atoms with Crippen molar-refractivity contribution in [3.05, 3.63) is 0 Å². The van der Waals surface area contributed by atoms with Gasteiger partial charge in [0, 0.05) is 13.6 Å². The van der Waals surface area contributed by atoms with Gasteiger partial charge in [-0.3, -0.25) is 9.59 Å². The molecular weight excluding hydrogens is 206 g/mol. The predicted molar refractivity (Wildman–Crippen MR) is 63.8 cm³/mol. The van der Waals surface area contributed by atoms with Gasteiger partial charge in [-0.25, -0.2) is 0 Å². The molecule has 0 spiro atoms. The highest BCUT2D eigenvalue weighted by Gasteiger charge is 2.18. The maximum atomic E-state index is 11.7. The molecule has 0 aliphatic heterocycles. The number of carbonyl (C=O) groups is 2. The third-order valence-electron chi connectivity index (χ3n) is 2.25. The van der Waals surface area contributed by atoms with Crippen LogP contribution in [0.1, 0.15) is 33.1 Å². The van der Waals surface area contributed by atoms with E-state index in [9.17, 15) is 9.59 Å². The standard InChI is InChI=1S/C11H23N3O2/c1-4-6-9(12)11(16)14(3)8-10(15)13-7-5-2/h9H,4-8,12H2,1-3H3,(H,13,15)/t9-/m1/s1. The van der Waals surface area contributed by atoms with Crippen molar-refractivity contribution in [2.45, 2.75) is 39.2 Å². The molecule has 0 rings (SSSR count). The van der Waals surface area contributed by atoms with Crippen molar-refractivity contribution in [2.24, 2.45) is 5.73 Å². The second kappa shape index (κ2) is 8.10. The lowest BCUT2D eigenvalue weighted by Gasteiger charge is -2.20. The SMILES string of the molecule is CCCNC(=O)CN(C)C(=O)[C@H](N)CCC.